The highest BCUT2D eigenvalue weighted by molar-refractivity contribution is 5.99. The van der Waals surface area contributed by atoms with Gasteiger partial charge in [-0.25, -0.2) is 13.2 Å². The summed E-state index contributed by atoms with van der Waals surface area (Å²) in [6.07, 6.45) is 1.39. The molecule has 0 N–H and O–H groups in total. The molecule has 92 valence electrons. The van der Waals surface area contributed by atoms with Crippen LogP contribution in [-0.4, -0.2) is 18.5 Å². The van der Waals surface area contributed by atoms with Crippen LogP contribution in [0.5, 0.6) is 0 Å². The summed E-state index contributed by atoms with van der Waals surface area (Å²) < 4.78 is 44.2. The van der Waals surface area contributed by atoms with Gasteiger partial charge in [-0.05, 0) is 31.4 Å². The third kappa shape index (κ3) is 2.34. The van der Waals surface area contributed by atoms with Gasteiger partial charge in [0.05, 0.1) is 5.56 Å². The molecule has 0 amide bonds. The Bertz CT molecular complexity index is 440. The number of rotatable bonds is 2. The SMILES string of the molecule is O=C(c1ccc(F)c(F)c1F)C1CCCCO1. The highest BCUT2D eigenvalue weighted by Gasteiger charge is 2.27. The number of carbonyl (C=O) groups is 1. The molecule has 1 aliphatic heterocycles. The predicted octanol–water partition coefficient (Wildman–Crippen LogP) is 2.86. The van der Waals surface area contributed by atoms with Crippen LogP contribution in [0.2, 0.25) is 0 Å². The quantitative estimate of drug-likeness (QED) is 0.590. The summed E-state index contributed by atoms with van der Waals surface area (Å²) in [5, 5.41) is 0. The molecule has 0 radical (unpaired) electrons. The van der Waals surface area contributed by atoms with E-state index in [0.717, 1.165) is 25.0 Å². The molecule has 1 fully saturated rings. The molecule has 0 bridgehead atoms. The molecule has 1 aromatic rings. The number of hydrogen-bond acceptors (Lipinski definition) is 2. The first-order valence-electron chi connectivity index (χ1n) is 5.40. The average molecular weight is 244 g/mol. The molecule has 5 heteroatoms. The smallest absolute Gasteiger partial charge is 0.195 e. The molecule has 1 saturated heterocycles. The summed E-state index contributed by atoms with van der Waals surface area (Å²) in [4.78, 5) is 11.8. The van der Waals surface area contributed by atoms with Gasteiger partial charge in [-0.15, -0.1) is 0 Å². The number of ether oxygens (including phenoxy) is 1. The minimum absolute atomic E-state index is 0.432. The fourth-order valence-corrected chi connectivity index (χ4v) is 1.84. The number of halogens is 3. The lowest BCUT2D eigenvalue weighted by Crippen LogP contribution is -2.29. The van der Waals surface area contributed by atoms with Gasteiger partial charge < -0.3 is 4.74 Å². The fraction of sp³-hybridized carbons (Fsp3) is 0.417. The standard InChI is InChI=1S/C12H11F3O2/c13-8-5-4-7(10(14)11(8)15)12(16)9-3-1-2-6-17-9/h4-5,9H,1-3,6H2. The minimum Gasteiger partial charge on any atom is -0.370 e. The maximum atomic E-state index is 13.4. The van der Waals surface area contributed by atoms with Gasteiger partial charge in [0.2, 0.25) is 0 Å². The van der Waals surface area contributed by atoms with Crippen LogP contribution in [0.3, 0.4) is 0 Å². The van der Waals surface area contributed by atoms with Gasteiger partial charge in [0.1, 0.15) is 6.10 Å². The molecule has 17 heavy (non-hydrogen) atoms. The number of benzene rings is 1. The molecule has 1 aromatic carbocycles. The van der Waals surface area contributed by atoms with Gasteiger partial charge in [0, 0.05) is 6.61 Å². The summed E-state index contributed by atoms with van der Waals surface area (Å²) in [5.74, 6) is -4.99. The lowest BCUT2D eigenvalue weighted by molar-refractivity contribution is 0.0183. The van der Waals surface area contributed by atoms with Crippen molar-refractivity contribution in [2.24, 2.45) is 0 Å². The van der Waals surface area contributed by atoms with Crippen molar-refractivity contribution in [3.8, 4) is 0 Å². The van der Waals surface area contributed by atoms with E-state index >= 15 is 0 Å². The van der Waals surface area contributed by atoms with E-state index in [2.05, 4.69) is 0 Å². The largest absolute Gasteiger partial charge is 0.370 e. The van der Waals surface area contributed by atoms with Gasteiger partial charge in [-0.3, -0.25) is 4.79 Å². The molecular weight excluding hydrogens is 233 g/mol. The van der Waals surface area contributed by atoms with E-state index in [-0.39, 0.29) is 0 Å². The molecule has 0 spiro atoms. The van der Waals surface area contributed by atoms with Gasteiger partial charge in [0.15, 0.2) is 23.2 Å². The van der Waals surface area contributed by atoms with Crippen molar-refractivity contribution in [3.05, 3.63) is 35.1 Å². The Balaban J connectivity index is 2.27. The average Bonchev–Trinajstić information content (AvgIpc) is 2.36. The summed E-state index contributed by atoms with van der Waals surface area (Å²) in [6, 6.07) is 1.70. The fourth-order valence-electron chi connectivity index (χ4n) is 1.84. The first-order valence-corrected chi connectivity index (χ1v) is 5.40. The Hall–Kier alpha value is -1.36. The second-order valence-corrected chi connectivity index (χ2v) is 3.94. The van der Waals surface area contributed by atoms with Crippen LogP contribution in [-0.2, 0) is 4.74 Å². The normalized spacial score (nSPS) is 20.3. The van der Waals surface area contributed by atoms with Crippen molar-refractivity contribution in [2.45, 2.75) is 25.4 Å². The van der Waals surface area contributed by atoms with E-state index in [1.54, 1.807) is 0 Å². The van der Waals surface area contributed by atoms with Gasteiger partial charge in [0.25, 0.3) is 0 Å². The third-order valence-corrected chi connectivity index (χ3v) is 2.77. The van der Waals surface area contributed by atoms with Gasteiger partial charge >= 0.3 is 0 Å². The van der Waals surface area contributed by atoms with Crippen molar-refractivity contribution in [2.75, 3.05) is 6.61 Å². The van der Waals surface area contributed by atoms with Crippen LogP contribution in [0.4, 0.5) is 13.2 Å². The zero-order valence-corrected chi connectivity index (χ0v) is 9.01. The van der Waals surface area contributed by atoms with Crippen LogP contribution in [0.15, 0.2) is 12.1 Å². The maximum absolute atomic E-state index is 13.4. The highest BCUT2D eigenvalue weighted by atomic mass is 19.2. The van der Waals surface area contributed by atoms with Crippen LogP contribution >= 0.6 is 0 Å². The topological polar surface area (TPSA) is 26.3 Å². The zero-order valence-electron chi connectivity index (χ0n) is 9.01. The monoisotopic (exact) mass is 244 g/mol. The molecule has 1 aliphatic rings. The Kier molecular flexibility index (Phi) is 3.47. The predicted molar refractivity (Wildman–Crippen MR) is 54.2 cm³/mol. The van der Waals surface area contributed by atoms with Crippen LogP contribution in [0.25, 0.3) is 0 Å². The highest BCUT2D eigenvalue weighted by Crippen LogP contribution is 2.21. The van der Waals surface area contributed by atoms with Crippen molar-refractivity contribution < 1.29 is 22.7 Å². The molecular formula is C12H11F3O2. The van der Waals surface area contributed by atoms with Gasteiger partial charge in [-0.2, -0.15) is 0 Å². The second kappa shape index (κ2) is 4.87. The van der Waals surface area contributed by atoms with E-state index in [1.807, 2.05) is 0 Å². The summed E-state index contributed by atoms with van der Waals surface area (Å²) in [7, 11) is 0. The van der Waals surface area contributed by atoms with E-state index in [1.165, 1.54) is 0 Å². The number of carbonyl (C=O) groups excluding carboxylic acids is 1. The molecule has 1 heterocycles. The Morgan fingerprint density at radius 3 is 2.59 bits per heavy atom. The van der Waals surface area contributed by atoms with Gasteiger partial charge in [-0.1, -0.05) is 0 Å². The Morgan fingerprint density at radius 1 is 1.18 bits per heavy atom. The second-order valence-electron chi connectivity index (χ2n) is 3.94. The van der Waals surface area contributed by atoms with Crippen molar-refractivity contribution >= 4 is 5.78 Å². The molecule has 2 rings (SSSR count). The number of ketones is 1. The first kappa shape index (κ1) is 12.1. The Morgan fingerprint density at radius 2 is 1.94 bits per heavy atom. The van der Waals surface area contributed by atoms with Crippen molar-refractivity contribution in [1.82, 2.24) is 0 Å². The molecule has 0 saturated carbocycles. The van der Waals surface area contributed by atoms with E-state index < -0.39 is 34.9 Å². The molecule has 1 atom stereocenters. The summed E-state index contributed by atoms with van der Waals surface area (Å²) in [5.41, 5.74) is -0.448. The maximum Gasteiger partial charge on any atom is 0.195 e. The zero-order chi connectivity index (χ0) is 12.4. The van der Waals surface area contributed by atoms with E-state index in [4.69, 9.17) is 4.74 Å². The van der Waals surface area contributed by atoms with Crippen LogP contribution < -0.4 is 0 Å². The number of Topliss-reactive ketones (excluding diaryl/α,β-unsaturated/α-hetero) is 1. The van der Waals surface area contributed by atoms with Crippen molar-refractivity contribution in [1.29, 1.82) is 0 Å². The molecule has 1 unspecified atom stereocenters. The van der Waals surface area contributed by atoms with E-state index in [0.29, 0.717) is 13.0 Å². The Labute approximate surface area is 96.4 Å². The minimum atomic E-state index is -1.62. The lowest BCUT2D eigenvalue weighted by atomic mass is 9.99. The van der Waals surface area contributed by atoms with E-state index in [9.17, 15) is 18.0 Å². The summed E-state index contributed by atoms with van der Waals surface area (Å²) in [6.45, 7) is 0.432. The third-order valence-electron chi connectivity index (χ3n) is 2.77. The lowest BCUT2D eigenvalue weighted by Gasteiger charge is -2.21. The van der Waals surface area contributed by atoms with Crippen LogP contribution in [0, 0.1) is 17.5 Å². The molecule has 0 aliphatic carbocycles. The first-order chi connectivity index (χ1) is 8.11. The van der Waals surface area contributed by atoms with Crippen LogP contribution in [0.1, 0.15) is 29.6 Å². The number of hydrogen-bond donors (Lipinski definition) is 0. The summed E-state index contributed by atoms with van der Waals surface area (Å²) >= 11 is 0. The van der Waals surface area contributed by atoms with Crippen molar-refractivity contribution in [3.63, 3.8) is 0 Å². The molecule has 2 nitrogen and oxygen atoms in total. The molecule has 0 aromatic heterocycles.